The Morgan fingerprint density at radius 3 is 2.16 bits per heavy atom. The van der Waals surface area contributed by atoms with Crippen LogP contribution in [0.2, 0.25) is 0 Å². The number of carbonyl (C=O) groups excluding carboxylic acids is 1. The Labute approximate surface area is 150 Å². The minimum absolute atomic E-state index is 0.0186. The van der Waals surface area contributed by atoms with Gasteiger partial charge in [0, 0.05) is 44.1 Å². The number of amides is 1. The molecule has 0 aliphatic heterocycles. The molecule has 0 atom stereocenters. The Morgan fingerprint density at radius 1 is 1.00 bits per heavy atom. The number of nitrogens with one attached hydrogen (secondary N) is 2. The van der Waals surface area contributed by atoms with Crippen molar-refractivity contribution in [2.45, 2.75) is 26.4 Å². The van der Waals surface area contributed by atoms with Crippen molar-refractivity contribution < 1.29 is 9.53 Å². The molecule has 0 saturated carbocycles. The lowest BCUT2D eigenvalue weighted by Gasteiger charge is -2.13. The van der Waals surface area contributed by atoms with Crippen LogP contribution in [0.1, 0.15) is 20.3 Å². The molecule has 2 aromatic carbocycles. The standard InChI is InChI=1S/C20H27N3O2/c1-15(2)25-19-11-7-17(8-12-19)22-20(24)13-14-21-16-5-9-18(10-6-16)23(3)4/h5-12,15,21H,13-14H2,1-4H3,(H,22,24). The molecule has 0 unspecified atom stereocenters. The second kappa shape index (κ2) is 8.97. The average Bonchev–Trinajstić information content (AvgIpc) is 2.56. The summed E-state index contributed by atoms with van der Waals surface area (Å²) in [6, 6.07) is 15.5. The van der Waals surface area contributed by atoms with Gasteiger partial charge in [0.1, 0.15) is 5.75 Å². The minimum atomic E-state index is -0.0186. The molecule has 0 heterocycles. The zero-order valence-corrected chi connectivity index (χ0v) is 15.4. The Balaban J connectivity index is 1.75. The van der Waals surface area contributed by atoms with Crippen LogP contribution in [-0.4, -0.2) is 32.7 Å². The van der Waals surface area contributed by atoms with Crippen molar-refractivity contribution >= 4 is 23.0 Å². The molecule has 5 nitrogen and oxygen atoms in total. The Bertz CT molecular complexity index is 664. The number of ether oxygens (including phenoxy) is 1. The van der Waals surface area contributed by atoms with Crippen LogP contribution in [0.3, 0.4) is 0 Å². The summed E-state index contributed by atoms with van der Waals surface area (Å²) in [6.07, 6.45) is 0.540. The quantitative estimate of drug-likeness (QED) is 0.762. The highest BCUT2D eigenvalue weighted by Crippen LogP contribution is 2.17. The van der Waals surface area contributed by atoms with E-state index in [1.54, 1.807) is 0 Å². The molecule has 0 spiro atoms. The Hall–Kier alpha value is -2.69. The summed E-state index contributed by atoms with van der Waals surface area (Å²) in [5.74, 6) is 0.783. The van der Waals surface area contributed by atoms with E-state index in [1.165, 1.54) is 0 Å². The molecule has 5 heteroatoms. The lowest BCUT2D eigenvalue weighted by Crippen LogP contribution is -2.16. The molecule has 0 aliphatic carbocycles. The molecule has 0 saturated heterocycles. The molecular formula is C20H27N3O2. The minimum Gasteiger partial charge on any atom is -0.491 e. The van der Waals surface area contributed by atoms with Crippen molar-refractivity contribution in [1.29, 1.82) is 0 Å². The van der Waals surface area contributed by atoms with E-state index >= 15 is 0 Å². The van der Waals surface area contributed by atoms with Gasteiger partial charge in [0.05, 0.1) is 6.10 Å². The molecule has 2 N–H and O–H groups in total. The summed E-state index contributed by atoms with van der Waals surface area (Å²) in [5, 5.41) is 6.15. The van der Waals surface area contributed by atoms with Gasteiger partial charge in [-0.25, -0.2) is 0 Å². The molecule has 1 amide bonds. The maximum absolute atomic E-state index is 12.0. The number of benzene rings is 2. The number of rotatable bonds is 8. The summed E-state index contributed by atoms with van der Waals surface area (Å²) in [7, 11) is 4.02. The summed E-state index contributed by atoms with van der Waals surface area (Å²) in [4.78, 5) is 14.1. The van der Waals surface area contributed by atoms with Crippen molar-refractivity contribution in [3.05, 3.63) is 48.5 Å². The Morgan fingerprint density at radius 2 is 1.60 bits per heavy atom. The van der Waals surface area contributed by atoms with Gasteiger partial charge in [-0.2, -0.15) is 0 Å². The summed E-state index contributed by atoms with van der Waals surface area (Å²) < 4.78 is 5.59. The van der Waals surface area contributed by atoms with E-state index in [1.807, 2.05) is 76.5 Å². The number of nitrogens with zero attached hydrogens (tertiary/aromatic N) is 1. The van der Waals surface area contributed by atoms with E-state index in [9.17, 15) is 4.79 Å². The van der Waals surface area contributed by atoms with Crippen molar-refractivity contribution in [2.24, 2.45) is 0 Å². The zero-order chi connectivity index (χ0) is 18.2. The summed E-state index contributed by atoms with van der Waals surface area (Å²) in [5.41, 5.74) is 2.93. The van der Waals surface area contributed by atoms with Crippen LogP contribution < -0.4 is 20.3 Å². The fourth-order valence-corrected chi connectivity index (χ4v) is 2.31. The average molecular weight is 341 g/mol. The molecule has 0 bridgehead atoms. The first-order valence-electron chi connectivity index (χ1n) is 8.52. The second-order valence-electron chi connectivity index (χ2n) is 6.36. The summed E-state index contributed by atoms with van der Waals surface area (Å²) in [6.45, 7) is 4.55. The highest BCUT2D eigenvalue weighted by Gasteiger charge is 2.04. The fourth-order valence-electron chi connectivity index (χ4n) is 2.31. The van der Waals surface area contributed by atoms with Crippen LogP contribution in [0.25, 0.3) is 0 Å². The van der Waals surface area contributed by atoms with E-state index < -0.39 is 0 Å². The first-order chi connectivity index (χ1) is 11.9. The number of hydrogen-bond donors (Lipinski definition) is 2. The van der Waals surface area contributed by atoms with Crippen LogP contribution in [0.4, 0.5) is 17.1 Å². The monoisotopic (exact) mass is 341 g/mol. The van der Waals surface area contributed by atoms with E-state index in [2.05, 4.69) is 15.5 Å². The fraction of sp³-hybridized carbons (Fsp3) is 0.350. The van der Waals surface area contributed by atoms with Gasteiger partial charge in [-0.15, -0.1) is 0 Å². The van der Waals surface area contributed by atoms with Gasteiger partial charge in [-0.3, -0.25) is 4.79 Å². The van der Waals surface area contributed by atoms with E-state index in [4.69, 9.17) is 4.74 Å². The molecular weight excluding hydrogens is 314 g/mol. The maximum atomic E-state index is 12.0. The van der Waals surface area contributed by atoms with Gasteiger partial charge in [-0.05, 0) is 62.4 Å². The molecule has 0 radical (unpaired) electrons. The molecule has 0 aromatic heterocycles. The van der Waals surface area contributed by atoms with E-state index in [-0.39, 0.29) is 12.0 Å². The van der Waals surface area contributed by atoms with Gasteiger partial charge in [0.25, 0.3) is 0 Å². The number of carbonyl (C=O) groups is 1. The predicted molar refractivity (Wildman–Crippen MR) is 105 cm³/mol. The first kappa shape index (κ1) is 18.6. The van der Waals surface area contributed by atoms with Gasteiger partial charge in [0.15, 0.2) is 0 Å². The Kier molecular flexibility index (Phi) is 6.69. The van der Waals surface area contributed by atoms with Gasteiger partial charge >= 0.3 is 0 Å². The van der Waals surface area contributed by atoms with Crippen LogP contribution >= 0.6 is 0 Å². The van der Waals surface area contributed by atoms with Crippen molar-refractivity contribution in [1.82, 2.24) is 0 Å². The van der Waals surface area contributed by atoms with Gasteiger partial charge in [-0.1, -0.05) is 0 Å². The zero-order valence-electron chi connectivity index (χ0n) is 15.4. The van der Waals surface area contributed by atoms with Crippen LogP contribution in [0.5, 0.6) is 5.75 Å². The van der Waals surface area contributed by atoms with Crippen molar-refractivity contribution in [2.75, 3.05) is 36.2 Å². The molecule has 2 rings (SSSR count). The number of anilines is 3. The van der Waals surface area contributed by atoms with Gasteiger partial charge < -0.3 is 20.3 Å². The highest BCUT2D eigenvalue weighted by molar-refractivity contribution is 5.91. The lowest BCUT2D eigenvalue weighted by molar-refractivity contribution is -0.115. The lowest BCUT2D eigenvalue weighted by atomic mass is 10.2. The molecule has 2 aromatic rings. The third-order valence-electron chi connectivity index (χ3n) is 3.57. The first-order valence-corrected chi connectivity index (χ1v) is 8.52. The van der Waals surface area contributed by atoms with Gasteiger partial charge in [0.2, 0.25) is 5.91 Å². The van der Waals surface area contributed by atoms with Crippen LogP contribution in [0.15, 0.2) is 48.5 Å². The topological polar surface area (TPSA) is 53.6 Å². The molecule has 25 heavy (non-hydrogen) atoms. The van der Waals surface area contributed by atoms with Crippen molar-refractivity contribution in [3.8, 4) is 5.75 Å². The smallest absolute Gasteiger partial charge is 0.226 e. The third-order valence-corrected chi connectivity index (χ3v) is 3.57. The second-order valence-corrected chi connectivity index (χ2v) is 6.36. The molecule has 0 fully saturated rings. The normalized spacial score (nSPS) is 10.4. The summed E-state index contributed by atoms with van der Waals surface area (Å²) >= 11 is 0. The van der Waals surface area contributed by atoms with Crippen LogP contribution in [0, 0.1) is 0 Å². The van der Waals surface area contributed by atoms with E-state index in [0.29, 0.717) is 13.0 Å². The third kappa shape index (κ3) is 6.37. The molecule has 0 aliphatic rings. The number of hydrogen-bond acceptors (Lipinski definition) is 4. The largest absolute Gasteiger partial charge is 0.491 e. The SMILES string of the molecule is CC(C)Oc1ccc(NC(=O)CCNc2ccc(N(C)C)cc2)cc1. The molecule has 134 valence electrons. The van der Waals surface area contributed by atoms with E-state index in [0.717, 1.165) is 22.8 Å². The van der Waals surface area contributed by atoms with Crippen LogP contribution in [-0.2, 0) is 4.79 Å². The predicted octanol–water partition coefficient (Wildman–Crippen LogP) is 3.98. The van der Waals surface area contributed by atoms with Crippen molar-refractivity contribution in [3.63, 3.8) is 0 Å². The highest BCUT2D eigenvalue weighted by atomic mass is 16.5. The maximum Gasteiger partial charge on any atom is 0.226 e.